The zero-order valence-corrected chi connectivity index (χ0v) is 17.1. The fourth-order valence-corrected chi connectivity index (χ4v) is 5.41. The van der Waals surface area contributed by atoms with Crippen molar-refractivity contribution in [3.63, 3.8) is 0 Å². The Morgan fingerprint density at radius 3 is 2.74 bits per heavy atom. The van der Waals surface area contributed by atoms with Crippen LogP contribution in [0.3, 0.4) is 0 Å². The molecule has 2 aromatic carbocycles. The number of hydrogen-bond donors (Lipinski definition) is 2. The molecule has 3 heterocycles. The van der Waals surface area contributed by atoms with E-state index in [0.29, 0.717) is 11.1 Å². The van der Waals surface area contributed by atoms with E-state index in [0.717, 1.165) is 47.0 Å². The van der Waals surface area contributed by atoms with Gasteiger partial charge >= 0.3 is 0 Å². The number of nitrogens with one attached hydrogen (secondary N) is 2. The number of carbonyl (C=O) groups is 1. The number of methoxy groups -OCH3 is 1. The lowest BCUT2D eigenvalue weighted by molar-refractivity contribution is 0.0847. The molecule has 3 atom stereocenters. The number of H-pyrrole nitrogens is 1. The molecule has 1 amide bonds. The van der Waals surface area contributed by atoms with Crippen molar-refractivity contribution >= 4 is 27.6 Å². The molecule has 0 saturated heterocycles. The summed E-state index contributed by atoms with van der Waals surface area (Å²) in [4.78, 5) is 25.0. The fraction of sp³-hybridized carbons (Fsp3) is 0.292. The molecule has 31 heavy (non-hydrogen) atoms. The Hall–Kier alpha value is -3.61. The van der Waals surface area contributed by atoms with Gasteiger partial charge in [0.1, 0.15) is 11.4 Å². The number of aromatic nitrogens is 3. The molecule has 0 radical (unpaired) electrons. The van der Waals surface area contributed by atoms with E-state index in [1.165, 1.54) is 0 Å². The number of ether oxygens (including phenoxy) is 1. The third-order valence-corrected chi connectivity index (χ3v) is 6.86. The summed E-state index contributed by atoms with van der Waals surface area (Å²) in [6.07, 6.45) is 2.62. The molecule has 7 heteroatoms. The molecule has 156 valence electrons. The van der Waals surface area contributed by atoms with Crippen molar-refractivity contribution in [1.82, 2.24) is 20.1 Å². The third-order valence-electron chi connectivity index (χ3n) is 6.86. The Kier molecular flexibility index (Phi) is 3.93. The summed E-state index contributed by atoms with van der Waals surface area (Å²) in [6, 6.07) is 15.8. The molecule has 0 unspecified atom stereocenters. The highest BCUT2D eigenvalue weighted by Crippen LogP contribution is 2.43. The van der Waals surface area contributed by atoms with Gasteiger partial charge in [-0.2, -0.15) is 5.10 Å². The van der Waals surface area contributed by atoms with Crippen LogP contribution in [0.2, 0.25) is 0 Å². The van der Waals surface area contributed by atoms with Crippen LogP contribution in [0.25, 0.3) is 21.7 Å². The SMILES string of the molecule is COc1ccc2c(c1)cc1n2[C@H]2C[C@@H](c3n[nH]c(=O)c4ccccc34)CC[C@@H]2NC1=O. The number of aromatic amines is 1. The van der Waals surface area contributed by atoms with Crippen LogP contribution in [0.1, 0.15) is 47.4 Å². The lowest BCUT2D eigenvalue weighted by Gasteiger charge is -2.41. The van der Waals surface area contributed by atoms with E-state index < -0.39 is 0 Å². The molecule has 1 aliphatic heterocycles. The molecular weight excluding hydrogens is 392 g/mol. The molecule has 0 bridgehead atoms. The van der Waals surface area contributed by atoms with Crippen molar-refractivity contribution in [1.29, 1.82) is 0 Å². The third kappa shape index (κ3) is 2.69. The van der Waals surface area contributed by atoms with Gasteiger partial charge in [-0.3, -0.25) is 9.59 Å². The molecule has 4 aromatic rings. The Balaban J connectivity index is 1.46. The number of amides is 1. The molecule has 1 aliphatic carbocycles. The minimum absolute atomic E-state index is 0.0255. The van der Waals surface area contributed by atoms with Gasteiger partial charge in [-0.15, -0.1) is 0 Å². The number of fused-ring (bicyclic) bond motifs is 6. The fourth-order valence-electron chi connectivity index (χ4n) is 5.41. The zero-order valence-electron chi connectivity index (χ0n) is 17.1. The quantitative estimate of drug-likeness (QED) is 0.525. The largest absolute Gasteiger partial charge is 0.497 e. The van der Waals surface area contributed by atoms with Crippen molar-refractivity contribution in [3.8, 4) is 5.75 Å². The molecule has 2 aromatic heterocycles. The first-order chi connectivity index (χ1) is 15.1. The summed E-state index contributed by atoms with van der Waals surface area (Å²) < 4.78 is 7.56. The van der Waals surface area contributed by atoms with Crippen LogP contribution >= 0.6 is 0 Å². The van der Waals surface area contributed by atoms with Crippen molar-refractivity contribution < 1.29 is 9.53 Å². The van der Waals surface area contributed by atoms with Crippen LogP contribution in [0.4, 0.5) is 0 Å². The van der Waals surface area contributed by atoms with E-state index in [-0.39, 0.29) is 29.5 Å². The average Bonchev–Trinajstić information content (AvgIpc) is 3.19. The van der Waals surface area contributed by atoms with Gasteiger partial charge in [0.05, 0.1) is 24.2 Å². The maximum Gasteiger partial charge on any atom is 0.272 e. The average molecular weight is 414 g/mol. The summed E-state index contributed by atoms with van der Waals surface area (Å²) >= 11 is 0. The van der Waals surface area contributed by atoms with Crippen molar-refractivity contribution in [2.24, 2.45) is 0 Å². The minimum atomic E-state index is -0.161. The summed E-state index contributed by atoms with van der Waals surface area (Å²) in [5, 5.41) is 12.9. The summed E-state index contributed by atoms with van der Waals surface area (Å²) in [7, 11) is 1.65. The van der Waals surface area contributed by atoms with Crippen LogP contribution in [0.15, 0.2) is 53.3 Å². The highest BCUT2D eigenvalue weighted by Gasteiger charge is 2.40. The predicted molar refractivity (Wildman–Crippen MR) is 118 cm³/mol. The van der Waals surface area contributed by atoms with Crippen LogP contribution < -0.4 is 15.6 Å². The standard InChI is InChI=1S/C24H22N4O3/c1-31-15-7-9-19-14(10-15)12-21-24(30)25-18-8-6-13(11-20(18)28(19)21)22-16-4-2-3-5-17(16)23(29)27-26-22/h2-5,7,9-10,12-13,18,20H,6,8,11H2,1H3,(H,25,30)(H,27,29)/t13-,18-,20-/m0/s1. The van der Waals surface area contributed by atoms with E-state index in [2.05, 4.69) is 20.1 Å². The van der Waals surface area contributed by atoms with Crippen LogP contribution in [-0.2, 0) is 0 Å². The van der Waals surface area contributed by atoms with Crippen LogP contribution in [0.5, 0.6) is 5.75 Å². The van der Waals surface area contributed by atoms with Gasteiger partial charge in [-0.05, 0) is 49.6 Å². The van der Waals surface area contributed by atoms with Gasteiger partial charge in [0.15, 0.2) is 0 Å². The van der Waals surface area contributed by atoms with Gasteiger partial charge in [-0.1, -0.05) is 18.2 Å². The second-order valence-corrected chi connectivity index (χ2v) is 8.47. The van der Waals surface area contributed by atoms with E-state index >= 15 is 0 Å². The predicted octanol–water partition coefficient (Wildman–Crippen LogP) is 3.51. The number of benzene rings is 2. The van der Waals surface area contributed by atoms with Gasteiger partial charge in [-0.25, -0.2) is 5.10 Å². The van der Waals surface area contributed by atoms with E-state index in [4.69, 9.17) is 4.74 Å². The van der Waals surface area contributed by atoms with Gasteiger partial charge in [0, 0.05) is 28.2 Å². The minimum Gasteiger partial charge on any atom is -0.497 e. The summed E-state index contributed by atoms with van der Waals surface area (Å²) in [6.45, 7) is 0. The zero-order chi connectivity index (χ0) is 21.1. The lowest BCUT2D eigenvalue weighted by Crippen LogP contribution is -2.49. The monoisotopic (exact) mass is 414 g/mol. The first-order valence-corrected chi connectivity index (χ1v) is 10.6. The first-order valence-electron chi connectivity index (χ1n) is 10.6. The molecule has 1 fully saturated rings. The molecule has 6 rings (SSSR count). The maximum absolute atomic E-state index is 12.8. The van der Waals surface area contributed by atoms with Gasteiger partial charge in [0.2, 0.25) is 0 Å². The van der Waals surface area contributed by atoms with Crippen LogP contribution in [-0.4, -0.2) is 33.8 Å². The van der Waals surface area contributed by atoms with E-state index in [1.54, 1.807) is 7.11 Å². The number of carbonyl (C=O) groups excluding carboxylic acids is 1. The van der Waals surface area contributed by atoms with Gasteiger partial charge in [0.25, 0.3) is 11.5 Å². The second kappa shape index (κ2) is 6.70. The maximum atomic E-state index is 12.8. The van der Waals surface area contributed by atoms with Gasteiger partial charge < -0.3 is 14.6 Å². The molecular formula is C24H22N4O3. The Morgan fingerprint density at radius 1 is 1.06 bits per heavy atom. The smallest absolute Gasteiger partial charge is 0.272 e. The molecule has 0 spiro atoms. The summed E-state index contributed by atoms with van der Waals surface area (Å²) in [5.41, 5.74) is 2.50. The number of hydrogen-bond acceptors (Lipinski definition) is 4. The number of rotatable bonds is 2. The lowest BCUT2D eigenvalue weighted by atomic mass is 9.78. The highest BCUT2D eigenvalue weighted by molar-refractivity contribution is 6.00. The second-order valence-electron chi connectivity index (χ2n) is 8.47. The normalized spacial score (nSPS) is 22.7. The molecule has 2 aliphatic rings. The number of nitrogens with zero attached hydrogens (tertiary/aromatic N) is 2. The van der Waals surface area contributed by atoms with Crippen LogP contribution in [0, 0.1) is 0 Å². The highest BCUT2D eigenvalue weighted by atomic mass is 16.5. The molecule has 1 saturated carbocycles. The Morgan fingerprint density at radius 2 is 1.90 bits per heavy atom. The molecule has 7 nitrogen and oxygen atoms in total. The first kappa shape index (κ1) is 18.2. The topological polar surface area (TPSA) is 89.0 Å². The van der Waals surface area contributed by atoms with Crippen molar-refractivity contribution in [2.75, 3.05) is 7.11 Å². The Labute approximate surface area is 178 Å². The summed E-state index contributed by atoms with van der Waals surface area (Å²) in [5.74, 6) is 0.946. The van der Waals surface area contributed by atoms with Crippen molar-refractivity contribution in [2.45, 2.75) is 37.3 Å². The van der Waals surface area contributed by atoms with Crippen molar-refractivity contribution in [3.05, 3.63) is 70.3 Å². The van der Waals surface area contributed by atoms with E-state index in [9.17, 15) is 9.59 Å². The molecule has 2 N–H and O–H groups in total. The Bertz CT molecular complexity index is 1400. The van der Waals surface area contributed by atoms with E-state index in [1.807, 2.05) is 48.5 Å².